The molecule has 1 unspecified atom stereocenters. The van der Waals surface area contributed by atoms with Gasteiger partial charge in [-0.25, -0.2) is 4.98 Å². The molecule has 0 saturated carbocycles. The summed E-state index contributed by atoms with van der Waals surface area (Å²) in [6, 6.07) is 12.8. The number of nitrogens with zero attached hydrogens (tertiary/aromatic N) is 1. The van der Waals surface area contributed by atoms with Crippen molar-refractivity contribution in [3.63, 3.8) is 0 Å². The van der Waals surface area contributed by atoms with Gasteiger partial charge in [-0.05, 0) is 31.4 Å². The van der Waals surface area contributed by atoms with E-state index in [0.29, 0.717) is 0 Å². The molecular formula is C16H22NP. The fraction of sp³-hybridized carbons (Fsp3) is 0.438. The Hall–Kier alpha value is -0.940. The SMILES string of the molecule is CCCCCCP(C)c1ccc2ccccc2n1. The first kappa shape index (κ1) is 13.5. The van der Waals surface area contributed by atoms with Crippen molar-refractivity contribution in [3.8, 4) is 0 Å². The van der Waals surface area contributed by atoms with Crippen LogP contribution < -0.4 is 5.44 Å². The lowest BCUT2D eigenvalue weighted by atomic mass is 10.2. The smallest absolute Gasteiger partial charge is 0.0709 e. The van der Waals surface area contributed by atoms with E-state index in [9.17, 15) is 0 Å². The average Bonchev–Trinajstić information content (AvgIpc) is 2.43. The number of benzene rings is 1. The highest BCUT2D eigenvalue weighted by Crippen LogP contribution is 2.30. The predicted molar refractivity (Wildman–Crippen MR) is 83.2 cm³/mol. The largest absolute Gasteiger partial charge is 0.248 e. The van der Waals surface area contributed by atoms with Gasteiger partial charge in [0, 0.05) is 5.39 Å². The van der Waals surface area contributed by atoms with Crippen LogP contribution in [-0.2, 0) is 0 Å². The van der Waals surface area contributed by atoms with Crippen molar-refractivity contribution < 1.29 is 0 Å². The quantitative estimate of drug-likeness (QED) is 0.547. The fourth-order valence-corrected chi connectivity index (χ4v) is 3.69. The summed E-state index contributed by atoms with van der Waals surface area (Å²) in [5.74, 6) is 0. The number of rotatable bonds is 6. The molecule has 0 bridgehead atoms. The van der Waals surface area contributed by atoms with Crippen molar-refractivity contribution in [3.05, 3.63) is 36.4 Å². The molecule has 1 heterocycles. The summed E-state index contributed by atoms with van der Waals surface area (Å²) in [5, 5.41) is 1.25. The van der Waals surface area contributed by atoms with Gasteiger partial charge in [0.15, 0.2) is 0 Å². The fourth-order valence-electron chi connectivity index (χ4n) is 2.16. The number of hydrogen-bond donors (Lipinski definition) is 0. The highest BCUT2D eigenvalue weighted by atomic mass is 31.1. The van der Waals surface area contributed by atoms with E-state index >= 15 is 0 Å². The molecule has 2 aromatic rings. The first-order chi connectivity index (χ1) is 8.81. The Labute approximate surface area is 111 Å². The molecule has 2 rings (SSSR count). The van der Waals surface area contributed by atoms with Gasteiger partial charge in [-0.15, -0.1) is 0 Å². The highest BCUT2D eigenvalue weighted by molar-refractivity contribution is 7.64. The first-order valence-corrected chi connectivity index (χ1v) is 8.85. The van der Waals surface area contributed by atoms with Gasteiger partial charge >= 0.3 is 0 Å². The molecule has 96 valence electrons. The lowest BCUT2D eigenvalue weighted by molar-refractivity contribution is 0.705. The molecule has 0 amide bonds. The number of pyridine rings is 1. The minimum Gasteiger partial charge on any atom is -0.248 e. The molecule has 0 radical (unpaired) electrons. The molecule has 0 fully saturated rings. The Morgan fingerprint density at radius 3 is 2.67 bits per heavy atom. The molecule has 0 N–H and O–H groups in total. The lowest BCUT2D eigenvalue weighted by Crippen LogP contribution is -2.07. The average molecular weight is 259 g/mol. The third-order valence-corrected chi connectivity index (χ3v) is 5.34. The number of hydrogen-bond acceptors (Lipinski definition) is 1. The molecule has 18 heavy (non-hydrogen) atoms. The van der Waals surface area contributed by atoms with Crippen LogP contribution in [0.3, 0.4) is 0 Å². The van der Waals surface area contributed by atoms with Gasteiger partial charge in [0.1, 0.15) is 0 Å². The van der Waals surface area contributed by atoms with Gasteiger partial charge in [-0.2, -0.15) is 0 Å². The van der Waals surface area contributed by atoms with Crippen molar-refractivity contribution in [1.29, 1.82) is 0 Å². The van der Waals surface area contributed by atoms with Gasteiger partial charge in [0.25, 0.3) is 0 Å². The van der Waals surface area contributed by atoms with Crippen molar-refractivity contribution in [2.75, 3.05) is 12.8 Å². The monoisotopic (exact) mass is 259 g/mol. The van der Waals surface area contributed by atoms with Crippen LogP contribution in [0.25, 0.3) is 10.9 Å². The van der Waals surface area contributed by atoms with E-state index in [-0.39, 0.29) is 7.92 Å². The molecule has 0 aliphatic rings. The minimum absolute atomic E-state index is 0.0766. The minimum atomic E-state index is -0.0766. The van der Waals surface area contributed by atoms with Gasteiger partial charge < -0.3 is 0 Å². The normalized spacial score (nSPS) is 12.8. The topological polar surface area (TPSA) is 12.9 Å². The third kappa shape index (κ3) is 3.53. The van der Waals surface area contributed by atoms with E-state index < -0.39 is 0 Å². The molecule has 2 heteroatoms. The van der Waals surface area contributed by atoms with Crippen molar-refractivity contribution >= 4 is 24.3 Å². The maximum atomic E-state index is 4.80. The number of aromatic nitrogens is 1. The standard InChI is InChI=1S/C16H22NP/c1-3-4-5-8-13-18(2)16-12-11-14-9-6-7-10-15(14)17-16/h6-7,9-12H,3-5,8,13H2,1-2H3. The second-order valence-corrected chi connectivity index (χ2v) is 7.15. The summed E-state index contributed by atoms with van der Waals surface area (Å²) >= 11 is 0. The number of unbranched alkanes of at least 4 members (excludes halogenated alkanes) is 3. The van der Waals surface area contributed by atoms with Crippen LogP contribution in [0.1, 0.15) is 32.6 Å². The van der Waals surface area contributed by atoms with Gasteiger partial charge in [-0.1, -0.05) is 58.4 Å². The molecular weight excluding hydrogens is 237 g/mol. The van der Waals surface area contributed by atoms with E-state index in [2.05, 4.69) is 50.0 Å². The van der Waals surface area contributed by atoms with Crippen molar-refractivity contribution in [2.45, 2.75) is 32.6 Å². The Morgan fingerprint density at radius 1 is 1.00 bits per heavy atom. The van der Waals surface area contributed by atoms with E-state index in [1.807, 2.05) is 0 Å². The zero-order valence-corrected chi connectivity index (χ0v) is 12.3. The Kier molecular flexibility index (Phi) is 5.13. The van der Waals surface area contributed by atoms with E-state index in [1.165, 1.54) is 42.7 Å². The summed E-state index contributed by atoms with van der Waals surface area (Å²) in [4.78, 5) is 4.80. The Bertz CT molecular complexity index is 495. The second-order valence-electron chi connectivity index (χ2n) is 4.84. The van der Waals surface area contributed by atoms with Crippen molar-refractivity contribution in [1.82, 2.24) is 4.98 Å². The number of para-hydroxylation sites is 1. The second kappa shape index (κ2) is 6.85. The summed E-state index contributed by atoms with van der Waals surface area (Å²) in [5.41, 5.74) is 2.44. The number of fused-ring (bicyclic) bond motifs is 1. The van der Waals surface area contributed by atoms with Crippen LogP contribution in [0, 0.1) is 0 Å². The molecule has 0 spiro atoms. The summed E-state index contributed by atoms with van der Waals surface area (Å²) < 4.78 is 0. The maximum Gasteiger partial charge on any atom is 0.0709 e. The lowest BCUT2D eigenvalue weighted by Gasteiger charge is -2.12. The summed E-state index contributed by atoms with van der Waals surface area (Å²) in [6.45, 7) is 4.62. The Morgan fingerprint density at radius 2 is 1.83 bits per heavy atom. The van der Waals surface area contributed by atoms with Crippen molar-refractivity contribution in [2.24, 2.45) is 0 Å². The maximum absolute atomic E-state index is 4.80. The van der Waals surface area contributed by atoms with Crippen LogP contribution in [0.5, 0.6) is 0 Å². The molecule has 1 atom stereocenters. The van der Waals surface area contributed by atoms with Gasteiger partial charge in [0.2, 0.25) is 0 Å². The van der Waals surface area contributed by atoms with Gasteiger partial charge in [-0.3, -0.25) is 0 Å². The predicted octanol–water partition coefficient (Wildman–Crippen LogP) is 4.55. The van der Waals surface area contributed by atoms with Crippen LogP contribution in [0.4, 0.5) is 0 Å². The molecule has 0 aliphatic carbocycles. The molecule has 1 aromatic carbocycles. The van der Waals surface area contributed by atoms with E-state index in [0.717, 1.165) is 5.52 Å². The zero-order chi connectivity index (χ0) is 12.8. The molecule has 1 aromatic heterocycles. The van der Waals surface area contributed by atoms with Crippen LogP contribution in [0.2, 0.25) is 0 Å². The zero-order valence-electron chi connectivity index (χ0n) is 11.4. The molecule has 0 aliphatic heterocycles. The first-order valence-electron chi connectivity index (χ1n) is 6.88. The molecule has 1 nitrogen and oxygen atoms in total. The van der Waals surface area contributed by atoms with Crippen LogP contribution >= 0.6 is 7.92 Å². The van der Waals surface area contributed by atoms with E-state index in [4.69, 9.17) is 4.98 Å². The van der Waals surface area contributed by atoms with Gasteiger partial charge in [0.05, 0.1) is 11.0 Å². The van der Waals surface area contributed by atoms with Crippen LogP contribution in [0.15, 0.2) is 36.4 Å². The molecule has 0 saturated heterocycles. The van der Waals surface area contributed by atoms with Crippen LogP contribution in [-0.4, -0.2) is 17.8 Å². The van der Waals surface area contributed by atoms with E-state index in [1.54, 1.807) is 0 Å². The summed E-state index contributed by atoms with van der Waals surface area (Å²) in [7, 11) is -0.0766. The Balaban J connectivity index is 2.01. The highest BCUT2D eigenvalue weighted by Gasteiger charge is 2.06. The summed E-state index contributed by atoms with van der Waals surface area (Å²) in [6.07, 6.45) is 6.73. The third-order valence-electron chi connectivity index (χ3n) is 3.32.